The number of hydrogen-bond acceptors (Lipinski definition) is 7. The normalized spacial score (nSPS) is 49.0. The summed E-state index contributed by atoms with van der Waals surface area (Å²) < 4.78 is 28.4. The van der Waals surface area contributed by atoms with Crippen molar-refractivity contribution < 1.29 is 23.7 Å². The average Bonchev–Trinajstić information content (AvgIpc) is 2.91. The lowest BCUT2D eigenvalue weighted by Crippen LogP contribution is -2.59. The molecule has 0 aliphatic carbocycles. The third-order valence-electron chi connectivity index (χ3n) is 3.84. The zero-order valence-electron chi connectivity index (χ0n) is 12.1. The predicted molar refractivity (Wildman–Crippen MR) is 66.1 cm³/mol. The molecule has 0 spiro atoms. The average molecular weight is 284 g/mol. The highest BCUT2D eigenvalue weighted by molar-refractivity contribution is 5.22. The van der Waals surface area contributed by atoms with Gasteiger partial charge in [-0.05, 0) is 27.7 Å². The Labute approximate surface area is 117 Å². The molecule has 0 aromatic carbocycles. The first kappa shape index (κ1) is 14.2. The Morgan fingerprint density at radius 2 is 1.75 bits per heavy atom. The minimum Gasteiger partial charge on any atom is -0.348 e. The van der Waals surface area contributed by atoms with Gasteiger partial charge in [0.1, 0.15) is 18.3 Å². The fourth-order valence-corrected chi connectivity index (χ4v) is 2.96. The van der Waals surface area contributed by atoms with Crippen LogP contribution in [0.25, 0.3) is 0 Å². The molecular formula is C13H20N2O5. The summed E-state index contributed by atoms with van der Waals surface area (Å²) in [5.74, 6) is -1.52. The largest absolute Gasteiger partial charge is 0.348 e. The third-order valence-corrected chi connectivity index (χ3v) is 3.84. The van der Waals surface area contributed by atoms with Crippen LogP contribution in [0, 0.1) is 11.3 Å². The summed E-state index contributed by atoms with van der Waals surface area (Å²) in [6, 6.07) is 2.12. The van der Waals surface area contributed by atoms with E-state index >= 15 is 0 Å². The van der Waals surface area contributed by atoms with Gasteiger partial charge in [0, 0.05) is 0 Å². The van der Waals surface area contributed by atoms with Crippen LogP contribution in [0.15, 0.2) is 0 Å². The molecule has 7 nitrogen and oxygen atoms in total. The number of rotatable bonds is 1. The highest BCUT2D eigenvalue weighted by Crippen LogP contribution is 2.44. The first-order valence-corrected chi connectivity index (χ1v) is 6.70. The lowest BCUT2D eigenvalue weighted by atomic mass is 9.88. The number of nitriles is 1. The van der Waals surface area contributed by atoms with Crippen LogP contribution in [0.3, 0.4) is 0 Å². The van der Waals surface area contributed by atoms with Gasteiger partial charge in [0.05, 0.1) is 12.7 Å². The van der Waals surface area contributed by atoms with Gasteiger partial charge in [0.2, 0.25) is 0 Å². The minimum atomic E-state index is -1.33. The molecule has 3 heterocycles. The quantitative estimate of drug-likeness (QED) is 0.736. The van der Waals surface area contributed by atoms with Crippen LogP contribution in [0.4, 0.5) is 0 Å². The van der Waals surface area contributed by atoms with Crippen LogP contribution in [-0.2, 0) is 23.7 Å². The van der Waals surface area contributed by atoms with E-state index < -0.39 is 41.7 Å². The zero-order valence-corrected chi connectivity index (χ0v) is 12.1. The Morgan fingerprint density at radius 3 is 2.30 bits per heavy atom. The van der Waals surface area contributed by atoms with Crippen molar-refractivity contribution in [2.24, 2.45) is 5.73 Å². The Kier molecular flexibility index (Phi) is 2.93. The summed E-state index contributed by atoms with van der Waals surface area (Å²) in [5, 5.41) is 9.52. The number of hydrogen-bond donors (Lipinski definition) is 1. The summed E-state index contributed by atoms with van der Waals surface area (Å²) in [4.78, 5) is 0. The molecule has 0 radical (unpaired) electrons. The van der Waals surface area contributed by atoms with Crippen molar-refractivity contribution in [3.63, 3.8) is 0 Å². The van der Waals surface area contributed by atoms with Crippen molar-refractivity contribution in [3.8, 4) is 6.07 Å². The Bertz CT molecular complexity index is 460. The van der Waals surface area contributed by atoms with Crippen LogP contribution in [0.5, 0.6) is 0 Å². The summed E-state index contributed by atoms with van der Waals surface area (Å²) in [5.41, 5.74) is 4.92. The van der Waals surface area contributed by atoms with Gasteiger partial charge < -0.3 is 29.4 Å². The maximum Gasteiger partial charge on any atom is 0.190 e. The van der Waals surface area contributed by atoms with Gasteiger partial charge >= 0.3 is 0 Å². The van der Waals surface area contributed by atoms with Crippen molar-refractivity contribution in [1.82, 2.24) is 0 Å². The zero-order chi connectivity index (χ0) is 14.8. The topological polar surface area (TPSA) is 96.0 Å². The van der Waals surface area contributed by atoms with Crippen LogP contribution in [-0.4, -0.2) is 48.3 Å². The van der Waals surface area contributed by atoms with Gasteiger partial charge in [-0.1, -0.05) is 0 Å². The van der Waals surface area contributed by atoms with Crippen molar-refractivity contribution in [2.45, 2.75) is 69.4 Å². The van der Waals surface area contributed by atoms with Gasteiger partial charge in [-0.3, -0.25) is 0 Å². The van der Waals surface area contributed by atoms with Crippen LogP contribution in [0.2, 0.25) is 0 Å². The van der Waals surface area contributed by atoms with E-state index in [0.717, 1.165) is 0 Å². The smallest absolute Gasteiger partial charge is 0.190 e. The van der Waals surface area contributed by atoms with Gasteiger partial charge in [-0.25, -0.2) is 0 Å². The third kappa shape index (κ3) is 2.04. The predicted octanol–water partition coefficient (Wildman–Crippen LogP) is 0.235. The second kappa shape index (κ2) is 4.13. The molecule has 112 valence electrons. The fourth-order valence-electron chi connectivity index (χ4n) is 2.96. The van der Waals surface area contributed by atoms with E-state index in [1.54, 1.807) is 13.8 Å². The lowest BCUT2D eigenvalue weighted by molar-refractivity contribution is -0.226. The van der Waals surface area contributed by atoms with Gasteiger partial charge in [-0.15, -0.1) is 0 Å². The Morgan fingerprint density at radius 1 is 1.05 bits per heavy atom. The van der Waals surface area contributed by atoms with E-state index in [1.807, 2.05) is 13.8 Å². The molecule has 3 fully saturated rings. The molecule has 7 heteroatoms. The summed E-state index contributed by atoms with van der Waals surface area (Å²) in [6.45, 7) is 7.47. The van der Waals surface area contributed by atoms with E-state index in [9.17, 15) is 5.26 Å². The molecule has 5 atom stereocenters. The van der Waals surface area contributed by atoms with Crippen molar-refractivity contribution >= 4 is 0 Å². The standard InChI is InChI=1S/C13H20N2O5/c1-11(2)16-5-7(18-11)8-13(15,6-14)9-10(17-8)20-12(3,4)19-9/h7-10H,5,15H2,1-4H3/t7-,8-,9+,10-,13-/m1/s1. The molecule has 0 bridgehead atoms. The first-order valence-electron chi connectivity index (χ1n) is 6.70. The highest BCUT2D eigenvalue weighted by atomic mass is 16.8. The first-order chi connectivity index (χ1) is 9.17. The fraction of sp³-hybridized carbons (Fsp3) is 0.923. The maximum absolute atomic E-state index is 9.52. The molecule has 0 saturated carbocycles. The minimum absolute atomic E-state index is 0.321. The monoisotopic (exact) mass is 284 g/mol. The SMILES string of the molecule is CC1(C)OC[C@H]([C@H]2O[C@@H]3OC(C)(C)O[C@@H]3[C@@]2(N)C#N)O1. The molecule has 0 unspecified atom stereocenters. The Balaban J connectivity index is 1.83. The van der Waals surface area contributed by atoms with Crippen molar-refractivity contribution in [2.75, 3.05) is 6.61 Å². The van der Waals surface area contributed by atoms with Crippen LogP contribution in [0.1, 0.15) is 27.7 Å². The van der Waals surface area contributed by atoms with E-state index in [2.05, 4.69) is 6.07 Å². The molecule has 0 amide bonds. The summed E-state index contributed by atoms with van der Waals surface area (Å²) in [7, 11) is 0. The maximum atomic E-state index is 9.52. The molecule has 20 heavy (non-hydrogen) atoms. The van der Waals surface area contributed by atoms with E-state index in [4.69, 9.17) is 29.4 Å². The van der Waals surface area contributed by atoms with Crippen molar-refractivity contribution in [1.29, 1.82) is 5.26 Å². The number of nitrogens with zero attached hydrogens (tertiary/aromatic N) is 1. The van der Waals surface area contributed by atoms with Crippen LogP contribution >= 0.6 is 0 Å². The molecule has 0 aromatic rings. The Hall–Kier alpha value is -0.750. The molecule has 3 saturated heterocycles. The molecule has 3 aliphatic heterocycles. The highest BCUT2D eigenvalue weighted by Gasteiger charge is 2.65. The number of ether oxygens (including phenoxy) is 5. The van der Waals surface area contributed by atoms with Gasteiger partial charge in [0.25, 0.3) is 0 Å². The molecular weight excluding hydrogens is 264 g/mol. The molecule has 0 aromatic heterocycles. The van der Waals surface area contributed by atoms with Crippen molar-refractivity contribution in [3.05, 3.63) is 0 Å². The van der Waals surface area contributed by atoms with E-state index in [-0.39, 0.29) is 0 Å². The lowest BCUT2D eigenvalue weighted by Gasteiger charge is -2.31. The second-order valence-corrected chi connectivity index (χ2v) is 6.39. The van der Waals surface area contributed by atoms with E-state index in [1.165, 1.54) is 0 Å². The molecule has 2 N–H and O–H groups in total. The van der Waals surface area contributed by atoms with Crippen LogP contribution < -0.4 is 5.73 Å². The summed E-state index contributed by atoms with van der Waals surface area (Å²) >= 11 is 0. The molecule has 3 aliphatic rings. The second-order valence-electron chi connectivity index (χ2n) is 6.39. The molecule has 3 rings (SSSR count). The number of nitrogens with two attached hydrogens (primary N) is 1. The van der Waals surface area contributed by atoms with Gasteiger partial charge in [0.15, 0.2) is 23.4 Å². The number of fused-ring (bicyclic) bond motifs is 1. The summed E-state index contributed by atoms with van der Waals surface area (Å²) in [6.07, 6.45) is -2.37. The van der Waals surface area contributed by atoms with Gasteiger partial charge in [-0.2, -0.15) is 5.26 Å². The van der Waals surface area contributed by atoms with E-state index in [0.29, 0.717) is 6.61 Å².